The number of rotatable bonds is 6. The van der Waals surface area contributed by atoms with Gasteiger partial charge in [-0.15, -0.1) is 0 Å². The van der Waals surface area contributed by atoms with Crippen molar-refractivity contribution in [2.45, 2.75) is 25.5 Å². The molecule has 1 atom stereocenters. The molecule has 3 rings (SSSR count). The summed E-state index contributed by atoms with van der Waals surface area (Å²) < 4.78 is 24.2. The van der Waals surface area contributed by atoms with Crippen molar-refractivity contribution in [2.24, 2.45) is 0 Å². The third-order valence-electron chi connectivity index (χ3n) is 3.95. The van der Waals surface area contributed by atoms with Crippen LogP contribution in [-0.4, -0.2) is 25.2 Å². The van der Waals surface area contributed by atoms with Crippen LogP contribution in [0.15, 0.2) is 48.5 Å². The largest absolute Gasteiger partial charge is 0.490 e. The second kappa shape index (κ2) is 7.93. The van der Waals surface area contributed by atoms with E-state index >= 15 is 0 Å². The third-order valence-corrected chi connectivity index (χ3v) is 3.95. The first-order chi connectivity index (χ1) is 11.7. The summed E-state index contributed by atoms with van der Waals surface area (Å²) >= 11 is 0. The second-order valence-corrected chi connectivity index (χ2v) is 5.75. The number of carbonyl (C=O) groups excluding carboxylic acids is 1. The van der Waals surface area contributed by atoms with E-state index in [0.29, 0.717) is 24.5 Å². The topological polar surface area (TPSA) is 47.6 Å². The number of ether oxygens (including phenoxy) is 2. The lowest BCUT2D eigenvalue weighted by molar-refractivity contribution is 0.0670. The van der Waals surface area contributed by atoms with E-state index in [-0.39, 0.29) is 17.8 Å². The zero-order valence-corrected chi connectivity index (χ0v) is 13.3. The molecule has 4 nitrogen and oxygen atoms in total. The highest BCUT2D eigenvalue weighted by atomic mass is 19.1. The molecular formula is C19H20FNO3. The molecule has 1 aliphatic rings. The molecule has 0 radical (unpaired) electrons. The molecular weight excluding hydrogens is 309 g/mol. The Hall–Kier alpha value is -2.40. The van der Waals surface area contributed by atoms with Gasteiger partial charge in [-0.1, -0.05) is 24.3 Å². The van der Waals surface area contributed by atoms with Crippen molar-refractivity contribution in [2.75, 3.05) is 13.2 Å². The molecule has 1 aliphatic heterocycles. The number of benzene rings is 2. The predicted molar refractivity (Wildman–Crippen MR) is 88.5 cm³/mol. The summed E-state index contributed by atoms with van der Waals surface area (Å²) in [5.74, 6) is 0.0322. The highest BCUT2D eigenvalue weighted by molar-refractivity contribution is 5.96. The summed E-state index contributed by atoms with van der Waals surface area (Å²) in [5, 5.41) is 2.83. The zero-order chi connectivity index (χ0) is 16.8. The van der Waals surface area contributed by atoms with E-state index in [1.165, 1.54) is 12.1 Å². The molecule has 126 valence electrons. The number of halogens is 1. The average molecular weight is 329 g/mol. The van der Waals surface area contributed by atoms with Gasteiger partial charge in [0.15, 0.2) is 0 Å². The normalized spacial score (nSPS) is 16.8. The summed E-state index contributed by atoms with van der Waals surface area (Å²) in [6.45, 7) is 1.55. The van der Waals surface area contributed by atoms with Gasteiger partial charge in [0.2, 0.25) is 0 Å². The molecule has 2 aromatic rings. The first-order valence-corrected chi connectivity index (χ1v) is 8.08. The van der Waals surface area contributed by atoms with Crippen molar-refractivity contribution >= 4 is 5.91 Å². The fourth-order valence-electron chi connectivity index (χ4n) is 2.62. The Kier molecular flexibility index (Phi) is 5.43. The molecule has 0 bridgehead atoms. The van der Waals surface area contributed by atoms with Crippen molar-refractivity contribution in [3.63, 3.8) is 0 Å². The van der Waals surface area contributed by atoms with Gasteiger partial charge in [0.05, 0.1) is 11.7 Å². The fraction of sp³-hybridized carbons (Fsp3) is 0.316. The SMILES string of the molecule is O=C(NCc1ccc(F)cc1)c1ccccc1OCC1CCCO1. The average Bonchev–Trinajstić information content (AvgIpc) is 3.13. The number of para-hydroxylation sites is 1. The number of nitrogens with one attached hydrogen (secondary N) is 1. The van der Waals surface area contributed by atoms with Gasteiger partial charge in [0.1, 0.15) is 18.2 Å². The summed E-state index contributed by atoms with van der Waals surface area (Å²) in [4.78, 5) is 12.4. The minimum absolute atomic E-state index is 0.0975. The fourth-order valence-corrected chi connectivity index (χ4v) is 2.62. The van der Waals surface area contributed by atoms with Crippen LogP contribution in [0.2, 0.25) is 0 Å². The lowest BCUT2D eigenvalue weighted by atomic mass is 10.1. The van der Waals surface area contributed by atoms with Crippen molar-refractivity contribution in [3.8, 4) is 5.75 Å². The second-order valence-electron chi connectivity index (χ2n) is 5.75. The van der Waals surface area contributed by atoms with E-state index in [0.717, 1.165) is 25.0 Å². The Labute approximate surface area is 140 Å². The van der Waals surface area contributed by atoms with Gasteiger partial charge < -0.3 is 14.8 Å². The smallest absolute Gasteiger partial charge is 0.255 e. The zero-order valence-electron chi connectivity index (χ0n) is 13.3. The Morgan fingerprint density at radius 3 is 2.75 bits per heavy atom. The molecule has 0 aliphatic carbocycles. The van der Waals surface area contributed by atoms with Gasteiger partial charge in [0, 0.05) is 13.2 Å². The first-order valence-electron chi connectivity index (χ1n) is 8.08. The van der Waals surface area contributed by atoms with E-state index in [1.54, 1.807) is 30.3 Å². The van der Waals surface area contributed by atoms with Gasteiger partial charge in [-0.3, -0.25) is 4.79 Å². The lowest BCUT2D eigenvalue weighted by Crippen LogP contribution is -2.24. The number of amides is 1. The van der Waals surface area contributed by atoms with Crippen LogP contribution in [0.5, 0.6) is 5.75 Å². The van der Waals surface area contributed by atoms with Gasteiger partial charge in [0.25, 0.3) is 5.91 Å². The Morgan fingerprint density at radius 2 is 2.00 bits per heavy atom. The van der Waals surface area contributed by atoms with E-state index in [2.05, 4.69) is 5.32 Å². The molecule has 0 saturated carbocycles. The van der Waals surface area contributed by atoms with Crippen LogP contribution in [0.4, 0.5) is 4.39 Å². The molecule has 1 saturated heterocycles. The molecule has 0 spiro atoms. The lowest BCUT2D eigenvalue weighted by Gasteiger charge is -2.14. The number of carbonyl (C=O) groups is 1. The van der Waals surface area contributed by atoms with Gasteiger partial charge in [-0.25, -0.2) is 4.39 Å². The van der Waals surface area contributed by atoms with Crippen molar-refractivity contribution in [1.82, 2.24) is 5.32 Å². The number of hydrogen-bond donors (Lipinski definition) is 1. The van der Waals surface area contributed by atoms with Gasteiger partial charge in [-0.2, -0.15) is 0 Å². The predicted octanol–water partition coefficient (Wildman–Crippen LogP) is 3.31. The molecule has 24 heavy (non-hydrogen) atoms. The van der Waals surface area contributed by atoms with Gasteiger partial charge in [-0.05, 0) is 42.7 Å². The van der Waals surface area contributed by atoms with Gasteiger partial charge >= 0.3 is 0 Å². The quantitative estimate of drug-likeness (QED) is 0.884. The van der Waals surface area contributed by atoms with Crippen LogP contribution >= 0.6 is 0 Å². The standard InChI is InChI=1S/C19H20FNO3/c20-15-9-7-14(8-10-15)12-21-19(22)17-5-1-2-6-18(17)24-13-16-4-3-11-23-16/h1-2,5-10,16H,3-4,11-13H2,(H,21,22). The van der Waals surface area contributed by atoms with Crippen LogP contribution in [-0.2, 0) is 11.3 Å². The first kappa shape index (κ1) is 16.5. The minimum Gasteiger partial charge on any atom is -0.490 e. The third kappa shape index (κ3) is 4.32. The van der Waals surface area contributed by atoms with Crippen molar-refractivity contribution < 1.29 is 18.7 Å². The minimum atomic E-state index is -0.294. The molecule has 0 aromatic heterocycles. The molecule has 1 fully saturated rings. The number of hydrogen-bond acceptors (Lipinski definition) is 3. The van der Waals surface area contributed by atoms with E-state index < -0.39 is 0 Å². The Morgan fingerprint density at radius 1 is 1.21 bits per heavy atom. The highest BCUT2D eigenvalue weighted by Gasteiger charge is 2.18. The molecule has 1 unspecified atom stereocenters. The maximum Gasteiger partial charge on any atom is 0.255 e. The molecule has 5 heteroatoms. The van der Waals surface area contributed by atoms with Crippen LogP contribution in [0.1, 0.15) is 28.8 Å². The van der Waals surface area contributed by atoms with Crippen LogP contribution in [0.25, 0.3) is 0 Å². The van der Waals surface area contributed by atoms with Crippen molar-refractivity contribution in [1.29, 1.82) is 0 Å². The van der Waals surface area contributed by atoms with Crippen LogP contribution in [0.3, 0.4) is 0 Å². The molecule has 1 heterocycles. The summed E-state index contributed by atoms with van der Waals surface area (Å²) in [6.07, 6.45) is 2.13. The van der Waals surface area contributed by atoms with Crippen LogP contribution in [0, 0.1) is 5.82 Å². The summed E-state index contributed by atoms with van der Waals surface area (Å²) in [6, 6.07) is 13.2. The monoisotopic (exact) mass is 329 g/mol. The van der Waals surface area contributed by atoms with E-state index in [4.69, 9.17) is 9.47 Å². The molecule has 1 N–H and O–H groups in total. The van der Waals surface area contributed by atoms with Crippen molar-refractivity contribution in [3.05, 3.63) is 65.5 Å². The van der Waals surface area contributed by atoms with Crippen LogP contribution < -0.4 is 10.1 Å². The summed E-state index contributed by atoms with van der Waals surface area (Å²) in [7, 11) is 0. The maximum atomic E-state index is 12.9. The van der Waals surface area contributed by atoms with E-state index in [9.17, 15) is 9.18 Å². The van der Waals surface area contributed by atoms with E-state index in [1.807, 2.05) is 6.07 Å². The maximum absolute atomic E-state index is 12.9. The Balaban J connectivity index is 1.60. The molecule has 2 aromatic carbocycles. The molecule has 1 amide bonds. The summed E-state index contributed by atoms with van der Waals surface area (Å²) in [5.41, 5.74) is 1.32. The Bertz CT molecular complexity index is 681. The highest BCUT2D eigenvalue weighted by Crippen LogP contribution is 2.20.